The summed E-state index contributed by atoms with van der Waals surface area (Å²) in [5, 5.41) is 22.1. The smallest absolute Gasteiger partial charge is 0.322 e. The number of nitriles is 1. The summed E-state index contributed by atoms with van der Waals surface area (Å²) in [6.07, 6.45) is 3.08. The van der Waals surface area contributed by atoms with E-state index in [1.165, 1.54) is 29.1 Å². The van der Waals surface area contributed by atoms with E-state index in [1.807, 2.05) is 6.07 Å². The number of aryl methyl sites for hydroxylation is 2. The molecule has 0 fully saturated rings. The second-order valence-corrected chi connectivity index (χ2v) is 7.01. The normalized spacial score (nSPS) is 12.5. The second-order valence-electron chi connectivity index (χ2n) is 5.33. The van der Waals surface area contributed by atoms with Gasteiger partial charge in [0.25, 0.3) is 0 Å². The zero-order valence-corrected chi connectivity index (χ0v) is 13.9. The molecule has 1 heterocycles. The summed E-state index contributed by atoms with van der Waals surface area (Å²) in [7, 11) is -2.36. The van der Waals surface area contributed by atoms with Crippen molar-refractivity contribution >= 4 is 16.0 Å². The van der Waals surface area contributed by atoms with E-state index in [0.29, 0.717) is 16.7 Å². The van der Waals surface area contributed by atoms with E-state index in [9.17, 15) is 18.3 Å². The molecule has 2 aromatic rings. The quantitative estimate of drug-likeness (QED) is 0.786. The standard InChI is InChI=1S/C15H16N4O4S/c1-10-5-11(7-16)3-4-14(10)24(22,23)18-13(15(20)21)6-12-8-17-19(2)9-12/h3-5,8-9,13,18H,6H2,1-2H3,(H,20,21). The highest BCUT2D eigenvalue weighted by molar-refractivity contribution is 7.89. The van der Waals surface area contributed by atoms with Gasteiger partial charge in [-0.2, -0.15) is 15.1 Å². The van der Waals surface area contributed by atoms with Crippen LogP contribution in [0, 0.1) is 18.3 Å². The van der Waals surface area contributed by atoms with Crippen molar-refractivity contribution in [1.82, 2.24) is 14.5 Å². The number of nitrogens with one attached hydrogen (secondary N) is 1. The largest absolute Gasteiger partial charge is 0.480 e. The van der Waals surface area contributed by atoms with Gasteiger partial charge in [-0.15, -0.1) is 0 Å². The van der Waals surface area contributed by atoms with Crippen LogP contribution in [0.2, 0.25) is 0 Å². The Morgan fingerprint density at radius 1 is 1.50 bits per heavy atom. The van der Waals surface area contributed by atoms with Gasteiger partial charge in [-0.05, 0) is 36.2 Å². The van der Waals surface area contributed by atoms with Gasteiger partial charge in [0, 0.05) is 19.7 Å². The van der Waals surface area contributed by atoms with Crippen molar-refractivity contribution in [3.8, 4) is 6.07 Å². The highest BCUT2D eigenvalue weighted by Gasteiger charge is 2.27. The van der Waals surface area contributed by atoms with Crippen LogP contribution < -0.4 is 4.72 Å². The Bertz CT molecular complexity index is 912. The van der Waals surface area contributed by atoms with Crippen molar-refractivity contribution in [2.45, 2.75) is 24.3 Å². The molecule has 1 unspecified atom stereocenters. The van der Waals surface area contributed by atoms with Crippen molar-refractivity contribution < 1.29 is 18.3 Å². The van der Waals surface area contributed by atoms with E-state index in [1.54, 1.807) is 20.2 Å². The lowest BCUT2D eigenvalue weighted by molar-refractivity contribution is -0.138. The third kappa shape index (κ3) is 3.98. The monoisotopic (exact) mass is 348 g/mol. The van der Waals surface area contributed by atoms with Crippen LogP contribution >= 0.6 is 0 Å². The van der Waals surface area contributed by atoms with Gasteiger partial charge >= 0.3 is 5.97 Å². The van der Waals surface area contributed by atoms with Crippen LogP contribution in [-0.4, -0.2) is 35.3 Å². The molecule has 0 radical (unpaired) electrons. The summed E-state index contributed by atoms with van der Waals surface area (Å²) in [4.78, 5) is 11.4. The molecule has 0 amide bonds. The molecule has 0 saturated heterocycles. The number of hydrogen-bond acceptors (Lipinski definition) is 5. The average Bonchev–Trinajstić information content (AvgIpc) is 2.91. The fourth-order valence-electron chi connectivity index (χ4n) is 2.26. The summed E-state index contributed by atoms with van der Waals surface area (Å²) in [5.74, 6) is -1.28. The van der Waals surface area contributed by atoms with Crippen LogP contribution in [-0.2, 0) is 28.3 Å². The molecule has 2 rings (SSSR count). The van der Waals surface area contributed by atoms with E-state index in [4.69, 9.17) is 5.26 Å². The molecular weight excluding hydrogens is 332 g/mol. The molecule has 8 nitrogen and oxygen atoms in total. The van der Waals surface area contributed by atoms with E-state index in [0.717, 1.165) is 0 Å². The molecular formula is C15H16N4O4S. The molecule has 1 atom stereocenters. The maximum atomic E-state index is 12.5. The Morgan fingerprint density at radius 2 is 2.21 bits per heavy atom. The lowest BCUT2D eigenvalue weighted by Crippen LogP contribution is -2.42. The number of aliphatic carboxylic acids is 1. The van der Waals surface area contributed by atoms with Crippen LogP contribution in [0.15, 0.2) is 35.5 Å². The molecule has 126 valence electrons. The lowest BCUT2D eigenvalue weighted by Gasteiger charge is -2.15. The minimum atomic E-state index is -4.04. The minimum Gasteiger partial charge on any atom is -0.480 e. The van der Waals surface area contributed by atoms with Crippen LogP contribution in [0.3, 0.4) is 0 Å². The third-order valence-electron chi connectivity index (χ3n) is 3.39. The molecule has 24 heavy (non-hydrogen) atoms. The van der Waals surface area contributed by atoms with Gasteiger partial charge in [0.15, 0.2) is 0 Å². The number of carbonyl (C=O) groups is 1. The minimum absolute atomic E-state index is 0.0300. The molecule has 0 aliphatic rings. The maximum Gasteiger partial charge on any atom is 0.322 e. The Labute approximate surface area is 139 Å². The Balaban J connectivity index is 2.27. The van der Waals surface area contributed by atoms with Crippen LogP contribution in [0.5, 0.6) is 0 Å². The number of hydrogen-bond donors (Lipinski definition) is 2. The zero-order chi connectivity index (χ0) is 17.9. The fraction of sp³-hybridized carbons (Fsp3) is 0.267. The topological polar surface area (TPSA) is 125 Å². The van der Waals surface area contributed by atoms with Crippen LogP contribution in [0.1, 0.15) is 16.7 Å². The summed E-state index contributed by atoms with van der Waals surface area (Å²) in [6, 6.07) is 4.70. The van der Waals surface area contributed by atoms with Gasteiger partial charge in [-0.1, -0.05) is 0 Å². The van der Waals surface area contributed by atoms with Crippen molar-refractivity contribution in [3.63, 3.8) is 0 Å². The summed E-state index contributed by atoms with van der Waals surface area (Å²) in [6.45, 7) is 1.55. The predicted octanol–water partition coefficient (Wildman–Crippen LogP) is 0.574. The van der Waals surface area contributed by atoms with Gasteiger partial charge in [-0.25, -0.2) is 8.42 Å². The van der Waals surface area contributed by atoms with Crippen molar-refractivity contribution in [3.05, 3.63) is 47.3 Å². The molecule has 9 heteroatoms. The summed E-state index contributed by atoms with van der Waals surface area (Å²) in [5.41, 5.74) is 1.30. The highest BCUT2D eigenvalue weighted by Crippen LogP contribution is 2.17. The lowest BCUT2D eigenvalue weighted by atomic mass is 10.1. The van der Waals surface area contributed by atoms with Crippen LogP contribution in [0.25, 0.3) is 0 Å². The first kappa shape index (κ1) is 17.7. The Kier molecular flexibility index (Phi) is 5.02. The van der Waals surface area contributed by atoms with Gasteiger partial charge in [0.2, 0.25) is 10.0 Å². The molecule has 0 spiro atoms. The first-order valence-electron chi connectivity index (χ1n) is 6.96. The molecule has 2 N–H and O–H groups in total. The van der Waals surface area contributed by atoms with Crippen molar-refractivity contribution in [2.24, 2.45) is 7.05 Å². The van der Waals surface area contributed by atoms with Gasteiger partial charge < -0.3 is 5.11 Å². The van der Waals surface area contributed by atoms with E-state index < -0.39 is 22.0 Å². The number of rotatable bonds is 6. The van der Waals surface area contributed by atoms with Crippen molar-refractivity contribution in [1.29, 1.82) is 5.26 Å². The second kappa shape index (κ2) is 6.82. The summed E-state index contributed by atoms with van der Waals surface area (Å²) >= 11 is 0. The van der Waals surface area contributed by atoms with Crippen LogP contribution in [0.4, 0.5) is 0 Å². The molecule has 0 aliphatic carbocycles. The van der Waals surface area contributed by atoms with Gasteiger partial charge in [0.05, 0.1) is 22.7 Å². The fourth-order valence-corrected chi connectivity index (χ4v) is 3.68. The Morgan fingerprint density at radius 3 is 2.71 bits per heavy atom. The number of nitrogens with zero attached hydrogens (tertiary/aromatic N) is 3. The van der Waals surface area contributed by atoms with Gasteiger partial charge in [0.1, 0.15) is 6.04 Å². The summed E-state index contributed by atoms with van der Waals surface area (Å²) < 4.78 is 28.7. The Hall–Kier alpha value is -2.70. The average molecular weight is 348 g/mol. The number of carboxylic acids is 1. The maximum absolute atomic E-state index is 12.5. The van der Waals surface area contributed by atoms with Gasteiger partial charge in [-0.3, -0.25) is 9.48 Å². The van der Waals surface area contributed by atoms with E-state index in [2.05, 4.69) is 9.82 Å². The predicted molar refractivity (Wildman–Crippen MR) is 84.6 cm³/mol. The molecule has 0 saturated carbocycles. The van der Waals surface area contributed by atoms with E-state index >= 15 is 0 Å². The molecule has 1 aromatic heterocycles. The van der Waals surface area contributed by atoms with E-state index in [-0.39, 0.29) is 11.3 Å². The first-order chi connectivity index (χ1) is 11.2. The number of sulfonamides is 1. The molecule has 1 aromatic carbocycles. The van der Waals surface area contributed by atoms with Crippen molar-refractivity contribution in [2.75, 3.05) is 0 Å². The first-order valence-corrected chi connectivity index (χ1v) is 8.44. The molecule has 0 bridgehead atoms. The highest BCUT2D eigenvalue weighted by atomic mass is 32.2. The third-order valence-corrected chi connectivity index (χ3v) is 5.02. The number of carboxylic acid groups (broad SMARTS) is 1. The number of benzene rings is 1. The zero-order valence-electron chi connectivity index (χ0n) is 13.1. The number of aromatic nitrogens is 2. The SMILES string of the molecule is Cc1cc(C#N)ccc1S(=O)(=O)NC(Cc1cnn(C)c1)C(=O)O. The molecule has 0 aliphatic heterocycles.